The number of carbonyl (C=O) groups excluding carboxylic acids is 2. The summed E-state index contributed by atoms with van der Waals surface area (Å²) in [7, 11) is 0. The summed E-state index contributed by atoms with van der Waals surface area (Å²) in [5.74, 6) is -0.743. The van der Waals surface area contributed by atoms with Crippen molar-refractivity contribution in [3.8, 4) is 0 Å². The molecule has 156 valence electrons. The molecule has 0 saturated heterocycles. The van der Waals surface area contributed by atoms with Gasteiger partial charge in [-0.1, -0.05) is 39.8 Å². The van der Waals surface area contributed by atoms with E-state index in [-0.39, 0.29) is 16.9 Å². The largest absolute Gasteiger partial charge is 0.352 e. The molecule has 1 unspecified atom stereocenters. The average molecular weight is 417 g/mol. The minimum Gasteiger partial charge on any atom is -0.352 e. The molecule has 0 saturated carbocycles. The Kier molecular flexibility index (Phi) is 6.42. The number of amides is 2. The Labute approximate surface area is 175 Å². The number of rotatable bonds is 5. The highest BCUT2D eigenvalue weighted by molar-refractivity contribution is 7.17. The van der Waals surface area contributed by atoms with Gasteiger partial charge in [0.15, 0.2) is 0 Å². The average Bonchev–Trinajstić information content (AvgIpc) is 3.02. The number of halogens is 1. The molecule has 2 N–H and O–H groups in total. The molecular formula is C23H29FN2O2S. The number of fused-ring (bicyclic) bond motifs is 1. The van der Waals surface area contributed by atoms with Crippen LogP contribution < -0.4 is 10.6 Å². The van der Waals surface area contributed by atoms with Crippen molar-refractivity contribution in [2.45, 2.75) is 53.4 Å². The molecule has 1 heterocycles. The van der Waals surface area contributed by atoms with E-state index >= 15 is 0 Å². The van der Waals surface area contributed by atoms with Crippen LogP contribution in [-0.4, -0.2) is 18.4 Å². The van der Waals surface area contributed by atoms with Gasteiger partial charge in [-0.2, -0.15) is 0 Å². The summed E-state index contributed by atoms with van der Waals surface area (Å²) in [5.41, 5.74) is 1.75. The van der Waals surface area contributed by atoms with E-state index in [4.69, 9.17) is 0 Å². The van der Waals surface area contributed by atoms with Gasteiger partial charge in [0.2, 0.25) is 0 Å². The highest BCUT2D eigenvalue weighted by Gasteiger charge is 2.34. The van der Waals surface area contributed by atoms with Crippen molar-refractivity contribution in [2.75, 3.05) is 11.9 Å². The quantitative estimate of drug-likeness (QED) is 0.683. The number of anilines is 1. The van der Waals surface area contributed by atoms with Gasteiger partial charge in [0.05, 0.1) is 11.1 Å². The first-order chi connectivity index (χ1) is 13.7. The van der Waals surface area contributed by atoms with E-state index in [1.807, 2.05) is 6.92 Å². The van der Waals surface area contributed by atoms with Crippen LogP contribution in [0.25, 0.3) is 0 Å². The zero-order valence-electron chi connectivity index (χ0n) is 17.5. The topological polar surface area (TPSA) is 58.2 Å². The van der Waals surface area contributed by atoms with Gasteiger partial charge >= 0.3 is 0 Å². The van der Waals surface area contributed by atoms with Crippen molar-refractivity contribution in [2.24, 2.45) is 11.3 Å². The van der Waals surface area contributed by atoms with Crippen molar-refractivity contribution >= 4 is 28.2 Å². The van der Waals surface area contributed by atoms with Crippen molar-refractivity contribution in [1.82, 2.24) is 5.32 Å². The summed E-state index contributed by atoms with van der Waals surface area (Å²) in [6, 6.07) is 5.88. The lowest BCUT2D eigenvalue weighted by molar-refractivity contribution is 0.0953. The highest BCUT2D eigenvalue weighted by Crippen LogP contribution is 2.44. The molecule has 0 spiro atoms. The monoisotopic (exact) mass is 416 g/mol. The van der Waals surface area contributed by atoms with Crippen LogP contribution in [0, 0.1) is 17.2 Å². The van der Waals surface area contributed by atoms with Crippen LogP contribution in [0.2, 0.25) is 0 Å². The maximum atomic E-state index is 14.0. The SMILES string of the molecule is CCCNC(=O)c1c(NC(=O)c2ccccc2F)sc2c1CCC(C(C)(C)C)C2. The van der Waals surface area contributed by atoms with Gasteiger partial charge in [-0.25, -0.2) is 4.39 Å². The smallest absolute Gasteiger partial charge is 0.259 e. The zero-order chi connectivity index (χ0) is 21.2. The minimum absolute atomic E-state index is 0.0219. The summed E-state index contributed by atoms with van der Waals surface area (Å²) >= 11 is 1.46. The minimum atomic E-state index is -0.573. The van der Waals surface area contributed by atoms with Gasteiger partial charge in [-0.3, -0.25) is 9.59 Å². The first-order valence-electron chi connectivity index (χ1n) is 10.2. The molecule has 3 rings (SSSR count). The van der Waals surface area contributed by atoms with Crippen LogP contribution in [0.1, 0.15) is 71.7 Å². The molecule has 1 aliphatic rings. The molecule has 2 aromatic rings. The molecule has 1 aromatic heterocycles. The Balaban J connectivity index is 1.95. The summed E-state index contributed by atoms with van der Waals surface area (Å²) in [4.78, 5) is 26.7. The summed E-state index contributed by atoms with van der Waals surface area (Å²) in [6.07, 6.45) is 3.56. The van der Waals surface area contributed by atoms with E-state index in [9.17, 15) is 14.0 Å². The van der Waals surface area contributed by atoms with E-state index in [1.54, 1.807) is 12.1 Å². The standard InChI is InChI=1S/C23H29FN2O2S/c1-5-12-25-21(28)19-16-11-10-14(23(2,3)4)13-18(16)29-22(19)26-20(27)15-8-6-7-9-17(15)24/h6-9,14H,5,10-13H2,1-4H3,(H,25,28)(H,26,27). The first-order valence-corrected chi connectivity index (χ1v) is 11.0. The lowest BCUT2D eigenvalue weighted by Crippen LogP contribution is -2.29. The molecule has 0 bridgehead atoms. The molecule has 0 radical (unpaired) electrons. The van der Waals surface area contributed by atoms with Gasteiger partial charge in [0.25, 0.3) is 11.8 Å². The third-order valence-corrected chi connectivity index (χ3v) is 6.77. The summed E-state index contributed by atoms with van der Waals surface area (Å²) < 4.78 is 14.0. The second-order valence-corrected chi connectivity index (χ2v) is 9.81. The van der Waals surface area contributed by atoms with Crippen molar-refractivity contribution < 1.29 is 14.0 Å². The van der Waals surface area contributed by atoms with Crippen LogP contribution in [0.4, 0.5) is 9.39 Å². The Morgan fingerprint density at radius 3 is 2.59 bits per heavy atom. The molecule has 29 heavy (non-hydrogen) atoms. The van der Waals surface area contributed by atoms with Gasteiger partial charge in [-0.15, -0.1) is 11.3 Å². The normalized spacial score (nSPS) is 16.2. The molecular weight excluding hydrogens is 387 g/mol. The molecule has 2 amide bonds. The predicted molar refractivity (Wildman–Crippen MR) is 116 cm³/mol. The number of hydrogen-bond donors (Lipinski definition) is 2. The Morgan fingerprint density at radius 2 is 1.93 bits per heavy atom. The van der Waals surface area contributed by atoms with E-state index in [0.717, 1.165) is 36.1 Å². The van der Waals surface area contributed by atoms with E-state index in [2.05, 4.69) is 31.4 Å². The second kappa shape index (κ2) is 8.66. The van der Waals surface area contributed by atoms with Crippen LogP contribution in [-0.2, 0) is 12.8 Å². The third-order valence-electron chi connectivity index (χ3n) is 5.60. The highest BCUT2D eigenvalue weighted by atomic mass is 32.1. The number of carbonyl (C=O) groups is 2. The van der Waals surface area contributed by atoms with Gasteiger partial charge in [-0.05, 0) is 54.7 Å². The molecule has 6 heteroatoms. The maximum Gasteiger partial charge on any atom is 0.259 e. The fourth-order valence-electron chi connectivity index (χ4n) is 3.80. The maximum absolute atomic E-state index is 14.0. The number of nitrogens with one attached hydrogen (secondary N) is 2. The fourth-order valence-corrected chi connectivity index (χ4v) is 5.12. The number of hydrogen-bond acceptors (Lipinski definition) is 3. The summed E-state index contributed by atoms with van der Waals surface area (Å²) in [6.45, 7) is 9.30. The van der Waals surface area contributed by atoms with E-state index < -0.39 is 11.7 Å². The predicted octanol–water partition coefficient (Wildman–Crippen LogP) is 5.43. The molecule has 0 fully saturated rings. The third kappa shape index (κ3) is 4.69. The zero-order valence-corrected chi connectivity index (χ0v) is 18.3. The fraction of sp³-hybridized carbons (Fsp3) is 0.478. The second-order valence-electron chi connectivity index (χ2n) is 8.70. The Bertz CT molecular complexity index is 914. The molecule has 1 aromatic carbocycles. The first kappa shape index (κ1) is 21.5. The van der Waals surface area contributed by atoms with Crippen LogP contribution in [0.5, 0.6) is 0 Å². The molecule has 1 atom stereocenters. The van der Waals surface area contributed by atoms with Crippen LogP contribution in [0.3, 0.4) is 0 Å². The molecule has 1 aliphatic carbocycles. The molecule has 4 nitrogen and oxygen atoms in total. The lowest BCUT2D eigenvalue weighted by atomic mass is 9.72. The van der Waals surface area contributed by atoms with Crippen LogP contribution in [0.15, 0.2) is 24.3 Å². The van der Waals surface area contributed by atoms with Crippen molar-refractivity contribution in [3.63, 3.8) is 0 Å². The van der Waals surface area contributed by atoms with Crippen molar-refractivity contribution in [1.29, 1.82) is 0 Å². The molecule has 0 aliphatic heterocycles. The lowest BCUT2D eigenvalue weighted by Gasteiger charge is -2.33. The number of thiophene rings is 1. The Hall–Kier alpha value is -2.21. The van der Waals surface area contributed by atoms with E-state index in [1.165, 1.54) is 23.5 Å². The number of benzene rings is 1. The van der Waals surface area contributed by atoms with Crippen molar-refractivity contribution in [3.05, 3.63) is 51.7 Å². The Morgan fingerprint density at radius 1 is 1.21 bits per heavy atom. The van der Waals surface area contributed by atoms with Gasteiger partial charge in [0, 0.05) is 11.4 Å². The van der Waals surface area contributed by atoms with Crippen LogP contribution >= 0.6 is 11.3 Å². The van der Waals surface area contributed by atoms with Gasteiger partial charge in [0.1, 0.15) is 10.8 Å². The van der Waals surface area contributed by atoms with Gasteiger partial charge < -0.3 is 10.6 Å². The van der Waals surface area contributed by atoms with E-state index in [0.29, 0.717) is 23.0 Å². The summed E-state index contributed by atoms with van der Waals surface area (Å²) in [5, 5.41) is 6.27.